The Balaban J connectivity index is 2.34. The molecule has 1 rings (SSSR count). The van der Waals surface area contributed by atoms with Gasteiger partial charge in [0.15, 0.2) is 14.6 Å². The van der Waals surface area contributed by atoms with Gasteiger partial charge in [-0.1, -0.05) is 20.8 Å². The van der Waals surface area contributed by atoms with Crippen molar-refractivity contribution < 1.29 is 14.0 Å². The van der Waals surface area contributed by atoms with Gasteiger partial charge in [0.1, 0.15) is 12.2 Å². The predicted octanol–water partition coefficient (Wildman–Crippen LogP) is 1.97. The largest absolute Gasteiger partial charge is 0.414 e. The number of ether oxygens (including phenoxy) is 1. The molecule has 4 heteroatoms. The standard InChI is InChI=1S/C10H20O3Si/c1-10(2,3)14(4,5)12-7-9-8(6-11)13-9/h6,8-9H,7H2,1-5H3/t8-,9-/m1/s1. The third-order valence-corrected chi connectivity index (χ3v) is 7.67. The van der Waals surface area contributed by atoms with E-state index in [0.717, 1.165) is 6.29 Å². The number of carbonyl (C=O) groups excluding carboxylic acids is 1. The van der Waals surface area contributed by atoms with Crippen molar-refractivity contribution in [3.05, 3.63) is 0 Å². The molecule has 1 saturated heterocycles. The molecule has 0 amide bonds. The maximum Gasteiger partial charge on any atom is 0.192 e. The Morgan fingerprint density at radius 2 is 2.00 bits per heavy atom. The number of hydrogen-bond donors (Lipinski definition) is 0. The topological polar surface area (TPSA) is 38.8 Å². The molecule has 0 aliphatic carbocycles. The molecule has 0 aromatic heterocycles. The monoisotopic (exact) mass is 216 g/mol. The lowest BCUT2D eigenvalue weighted by Gasteiger charge is -2.35. The Hall–Kier alpha value is -0.193. The molecule has 1 aliphatic heterocycles. The van der Waals surface area contributed by atoms with Gasteiger partial charge in [-0.3, -0.25) is 0 Å². The molecule has 82 valence electrons. The molecule has 14 heavy (non-hydrogen) atoms. The first kappa shape index (κ1) is 11.9. The summed E-state index contributed by atoms with van der Waals surface area (Å²) >= 11 is 0. The predicted molar refractivity (Wildman–Crippen MR) is 57.9 cm³/mol. The highest BCUT2D eigenvalue weighted by Gasteiger charge is 2.43. The molecule has 0 spiro atoms. The molecule has 1 heterocycles. The summed E-state index contributed by atoms with van der Waals surface area (Å²) in [6, 6.07) is 0. The number of rotatable bonds is 4. The molecule has 2 atom stereocenters. The van der Waals surface area contributed by atoms with Crippen LogP contribution in [-0.2, 0) is 14.0 Å². The summed E-state index contributed by atoms with van der Waals surface area (Å²) in [5.41, 5.74) is 0. The van der Waals surface area contributed by atoms with Crippen LogP contribution in [0.2, 0.25) is 18.1 Å². The normalized spacial score (nSPS) is 27.5. The minimum Gasteiger partial charge on any atom is -0.414 e. The molecule has 0 N–H and O–H groups in total. The first-order valence-electron chi connectivity index (χ1n) is 5.02. The maximum absolute atomic E-state index is 10.3. The van der Waals surface area contributed by atoms with Crippen LogP contribution < -0.4 is 0 Å². The molecule has 0 unspecified atom stereocenters. The van der Waals surface area contributed by atoms with Gasteiger partial charge in [-0.05, 0) is 18.1 Å². The first-order chi connectivity index (χ1) is 6.28. The van der Waals surface area contributed by atoms with Gasteiger partial charge in [0.2, 0.25) is 0 Å². The molecule has 1 fully saturated rings. The van der Waals surface area contributed by atoms with Crippen LogP contribution in [0.4, 0.5) is 0 Å². The van der Waals surface area contributed by atoms with Gasteiger partial charge in [0, 0.05) is 0 Å². The number of hydrogen-bond acceptors (Lipinski definition) is 3. The van der Waals surface area contributed by atoms with Crippen molar-refractivity contribution in [2.45, 2.75) is 51.1 Å². The van der Waals surface area contributed by atoms with Crippen LogP contribution in [0.1, 0.15) is 20.8 Å². The van der Waals surface area contributed by atoms with E-state index in [9.17, 15) is 4.79 Å². The van der Waals surface area contributed by atoms with Crippen LogP contribution in [0.15, 0.2) is 0 Å². The van der Waals surface area contributed by atoms with Crippen molar-refractivity contribution in [3.63, 3.8) is 0 Å². The van der Waals surface area contributed by atoms with Crippen molar-refractivity contribution in [2.75, 3.05) is 6.61 Å². The van der Waals surface area contributed by atoms with Crippen molar-refractivity contribution >= 4 is 14.6 Å². The van der Waals surface area contributed by atoms with Gasteiger partial charge in [-0.25, -0.2) is 0 Å². The van der Waals surface area contributed by atoms with E-state index in [1.807, 2.05) is 0 Å². The van der Waals surface area contributed by atoms with Gasteiger partial charge in [0.25, 0.3) is 0 Å². The van der Waals surface area contributed by atoms with Gasteiger partial charge < -0.3 is 14.0 Å². The summed E-state index contributed by atoms with van der Waals surface area (Å²) in [4.78, 5) is 10.3. The van der Waals surface area contributed by atoms with Crippen molar-refractivity contribution in [3.8, 4) is 0 Å². The summed E-state index contributed by atoms with van der Waals surface area (Å²) in [6.45, 7) is 11.6. The average Bonchev–Trinajstić information content (AvgIpc) is 2.77. The second-order valence-corrected chi connectivity index (χ2v) is 10.2. The molecule has 0 bridgehead atoms. The first-order valence-corrected chi connectivity index (χ1v) is 7.93. The second kappa shape index (κ2) is 3.75. The third-order valence-electron chi connectivity index (χ3n) is 3.17. The summed E-state index contributed by atoms with van der Waals surface area (Å²) in [6.07, 6.45) is 0.654. The van der Waals surface area contributed by atoms with E-state index < -0.39 is 8.32 Å². The van der Waals surface area contributed by atoms with Crippen LogP contribution >= 0.6 is 0 Å². The van der Waals surface area contributed by atoms with Crippen LogP contribution in [0, 0.1) is 0 Å². The molecule has 0 saturated carbocycles. The van der Waals surface area contributed by atoms with E-state index in [-0.39, 0.29) is 17.2 Å². The number of epoxide rings is 1. The molecule has 0 radical (unpaired) electrons. The van der Waals surface area contributed by atoms with Crippen molar-refractivity contribution in [1.82, 2.24) is 0 Å². The highest BCUT2D eigenvalue weighted by atomic mass is 28.4. The van der Waals surface area contributed by atoms with Crippen molar-refractivity contribution in [2.24, 2.45) is 0 Å². The fourth-order valence-corrected chi connectivity index (χ4v) is 1.93. The zero-order valence-electron chi connectivity index (χ0n) is 9.66. The fourth-order valence-electron chi connectivity index (χ4n) is 0.917. The second-order valence-electron chi connectivity index (χ2n) is 5.35. The number of aldehydes is 1. The molecule has 0 aromatic rings. The van der Waals surface area contributed by atoms with Gasteiger partial charge in [0.05, 0.1) is 6.61 Å². The maximum atomic E-state index is 10.3. The zero-order chi connectivity index (χ0) is 11.0. The van der Waals surface area contributed by atoms with E-state index in [0.29, 0.717) is 6.61 Å². The minimum atomic E-state index is -1.67. The van der Waals surface area contributed by atoms with E-state index in [4.69, 9.17) is 9.16 Å². The van der Waals surface area contributed by atoms with E-state index in [1.165, 1.54) is 0 Å². The van der Waals surface area contributed by atoms with E-state index >= 15 is 0 Å². The van der Waals surface area contributed by atoms with Gasteiger partial charge in [-0.15, -0.1) is 0 Å². The summed E-state index contributed by atoms with van der Waals surface area (Å²) in [7, 11) is -1.67. The van der Waals surface area contributed by atoms with Crippen LogP contribution in [0.3, 0.4) is 0 Å². The van der Waals surface area contributed by atoms with Crippen LogP contribution in [0.5, 0.6) is 0 Å². The van der Waals surface area contributed by atoms with Crippen LogP contribution in [0.25, 0.3) is 0 Å². The van der Waals surface area contributed by atoms with E-state index in [2.05, 4.69) is 33.9 Å². The lowest BCUT2D eigenvalue weighted by atomic mass is 10.2. The Morgan fingerprint density at radius 1 is 1.43 bits per heavy atom. The minimum absolute atomic E-state index is 0.0154. The smallest absolute Gasteiger partial charge is 0.192 e. The van der Waals surface area contributed by atoms with Crippen molar-refractivity contribution in [1.29, 1.82) is 0 Å². The SMILES string of the molecule is CC(C)(C)[Si](C)(C)OC[C@H]1O[C@@H]1C=O. The van der Waals surface area contributed by atoms with E-state index in [1.54, 1.807) is 0 Å². The summed E-state index contributed by atoms with van der Waals surface area (Å²) < 4.78 is 11.0. The molecular weight excluding hydrogens is 196 g/mol. The molecule has 0 aromatic carbocycles. The Labute approximate surface area is 86.9 Å². The van der Waals surface area contributed by atoms with Crippen LogP contribution in [-0.4, -0.2) is 33.4 Å². The van der Waals surface area contributed by atoms with Gasteiger partial charge in [-0.2, -0.15) is 0 Å². The highest BCUT2D eigenvalue weighted by Crippen LogP contribution is 2.37. The summed E-state index contributed by atoms with van der Waals surface area (Å²) in [5, 5.41) is 0.221. The average molecular weight is 216 g/mol. The Bertz CT molecular complexity index is 220. The highest BCUT2D eigenvalue weighted by molar-refractivity contribution is 6.74. The molecule has 1 aliphatic rings. The quantitative estimate of drug-likeness (QED) is 0.410. The lowest BCUT2D eigenvalue weighted by molar-refractivity contribution is -0.108. The Morgan fingerprint density at radius 3 is 2.36 bits per heavy atom. The van der Waals surface area contributed by atoms with Gasteiger partial charge >= 0.3 is 0 Å². The molecule has 3 nitrogen and oxygen atoms in total. The third kappa shape index (κ3) is 2.65. The number of carbonyl (C=O) groups is 1. The summed E-state index contributed by atoms with van der Waals surface area (Å²) in [5.74, 6) is 0. The fraction of sp³-hybridized carbons (Fsp3) is 0.900. The Kier molecular flexibility index (Phi) is 3.19. The molecular formula is C10H20O3Si. The zero-order valence-corrected chi connectivity index (χ0v) is 10.7. The lowest BCUT2D eigenvalue weighted by Crippen LogP contribution is -2.41.